The van der Waals surface area contributed by atoms with Gasteiger partial charge in [0.15, 0.2) is 5.82 Å². The first-order valence-electron chi connectivity index (χ1n) is 9.76. The highest BCUT2D eigenvalue weighted by Crippen LogP contribution is 2.30. The SMILES string of the molecule is CCNCCNc1ncc2c(n1)c(Nc1ccccc1)nc1cc(C(=O)O)ccc12. The number of para-hydroxylation sites is 1. The van der Waals surface area contributed by atoms with Crippen molar-refractivity contribution < 1.29 is 9.90 Å². The van der Waals surface area contributed by atoms with Crippen molar-refractivity contribution in [2.45, 2.75) is 6.92 Å². The summed E-state index contributed by atoms with van der Waals surface area (Å²) in [6.45, 7) is 4.46. The standard InChI is InChI=1S/C22H22N6O2/c1-2-23-10-11-24-22-25-13-17-16-9-8-14(21(29)30)12-18(16)27-20(19(17)28-22)26-15-6-4-3-5-7-15/h3-9,12-13,23H,2,10-11H2,1H3,(H,26,27)(H,29,30)(H,24,25,28). The van der Waals surface area contributed by atoms with Gasteiger partial charge in [-0.15, -0.1) is 0 Å². The van der Waals surface area contributed by atoms with Crippen LogP contribution in [0, 0.1) is 0 Å². The van der Waals surface area contributed by atoms with Crippen molar-refractivity contribution in [2.75, 3.05) is 30.3 Å². The summed E-state index contributed by atoms with van der Waals surface area (Å²) in [5.41, 5.74) is 2.27. The molecule has 0 aliphatic carbocycles. The normalized spacial score (nSPS) is 11.0. The number of benzene rings is 2. The van der Waals surface area contributed by atoms with E-state index < -0.39 is 5.97 Å². The second kappa shape index (κ2) is 8.71. The van der Waals surface area contributed by atoms with Gasteiger partial charge in [-0.05, 0) is 30.8 Å². The average molecular weight is 402 g/mol. The van der Waals surface area contributed by atoms with E-state index in [2.05, 4.69) is 37.8 Å². The number of fused-ring (bicyclic) bond motifs is 3. The fourth-order valence-electron chi connectivity index (χ4n) is 3.19. The van der Waals surface area contributed by atoms with E-state index in [1.54, 1.807) is 24.4 Å². The molecule has 0 aliphatic heterocycles. The molecule has 0 bridgehead atoms. The third kappa shape index (κ3) is 4.13. The Labute approximate surface area is 173 Å². The third-order valence-electron chi connectivity index (χ3n) is 4.65. The van der Waals surface area contributed by atoms with Crippen molar-refractivity contribution in [1.82, 2.24) is 20.3 Å². The number of carbonyl (C=O) groups is 1. The number of carboxylic acids is 1. The summed E-state index contributed by atoms with van der Waals surface area (Å²) in [7, 11) is 0. The van der Waals surface area contributed by atoms with Gasteiger partial charge in [0, 0.05) is 35.7 Å². The minimum atomic E-state index is -0.993. The summed E-state index contributed by atoms with van der Waals surface area (Å²) < 4.78 is 0. The van der Waals surface area contributed by atoms with Crippen LogP contribution < -0.4 is 16.0 Å². The Balaban J connectivity index is 1.82. The molecular weight excluding hydrogens is 380 g/mol. The van der Waals surface area contributed by atoms with Crippen molar-refractivity contribution in [3.63, 3.8) is 0 Å². The molecule has 152 valence electrons. The van der Waals surface area contributed by atoms with E-state index >= 15 is 0 Å². The quantitative estimate of drug-likeness (QED) is 0.261. The Morgan fingerprint density at radius 3 is 2.63 bits per heavy atom. The summed E-state index contributed by atoms with van der Waals surface area (Å²) in [5.74, 6) is 0.0658. The molecule has 8 heteroatoms. The summed E-state index contributed by atoms with van der Waals surface area (Å²) in [4.78, 5) is 25.2. The predicted octanol–water partition coefficient (Wildman–Crippen LogP) is 3.64. The lowest BCUT2D eigenvalue weighted by Gasteiger charge is -2.13. The van der Waals surface area contributed by atoms with Gasteiger partial charge in [-0.3, -0.25) is 0 Å². The van der Waals surface area contributed by atoms with Crippen molar-refractivity contribution in [1.29, 1.82) is 0 Å². The van der Waals surface area contributed by atoms with Crippen LogP contribution in [-0.4, -0.2) is 45.7 Å². The van der Waals surface area contributed by atoms with E-state index in [9.17, 15) is 9.90 Å². The fourth-order valence-corrected chi connectivity index (χ4v) is 3.19. The van der Waals surface area contributed by atoms with Crippen LogP contribution >= 0.6 is 0 Å². The van der Waals surface area contributed by atoms with Crippen molar-refractivity contribution in [3.8, 4) is 0 Å². The zero-order chi connectivity index (χ0) is 20.9. The van der Waals surface area contributed by atoms with E-state index in [1.165, 1.54) is 0 Å². The van der Waals surface area contributed by atoms with Crippen LogP contribution in [0.4, 0.5) is 17.5 Å². The molecule has 0 fully saturated rings. The molecule has 2 aromatic heterocycles. The maximum atomic E-state index is 11.4. The first-order chi connectivity index (χ1) is 14.7. The van der Waals surface area contributed by atoms with Crippen LogP contribution in [0.25, 0.3) is 21.8 Å². The maximum Gasteiger partial charge on any atom is 0.335 e. The Bertz CT molecular complexity index is 1200. The molecule has 0 atom stereocenters. The molecule has 2 heterocycles. The lowest BCUT2D eigenvalue weighted by atomic mass is 10.1. The Kier molecular flexibility index (Phi) is 5.67. The van der Waals surface area contributed by atoms with Crippen molar-refractivity contribution >= 4 is 45.2 Å². The van der Waals surface area contributed by atoms with Gasteiger partial charge in [0.2, 0.25) is 5.95 Å². The van der Waals surface area contributed by atoms with E-state index in [0.29, 0.717) is 29.3 Å². The first-order valence-corrected chi connectivity index (χ1v) is 9.76. The average Bonchev–Trinajstić information content (AvgIpc) is 2.77. The number of pyridine rings is 1. The van der Waals surface area contributed by atoms with Crippen LogP contribution in [0.3, 0.4) is 0 Å². The van der Waals surface area contributed by atoms with Gasteiger partial charge in [0.05, 0.1) is 11.1 Å². The van der Waals surface area contributed by atoms with Crippen molar-refractivity contribution in [2.24, 2.45) is 0 Å². The molecule has 8 nitrogen and oxygen atoms in total. The summed E-state index contributed by atoms with van der Waals surface area (Å²) in [6, 6.07) is 14.5. The van der Waals surface area contributed by atoms with Gasteiger partial charge < -0.3 is 21.1 Å². The number of nitrogens with one attached hydrogen (secondary N) is 3. The van der Waals surface area contributed by atoms with Crippen LogP contribution in [-0.2, 0) is 0 Å². The number of carboxylic acid groups (broad SMARTS) is 1. The highest BCUT2D eigenvalue weighted by molar-refractivity contribution is 6.10. The molecule has 4 N–H and O–H groups in total. The molecular formula is C22H22N6O2. The molecule has 0 unspecified atom stereocenters. The topological polar surface area (TPSA) is 112 Å². The summed E-state index contributed by atoms with van der Waals surface area (Å²) in [6.07, 6.45) is 1.75. The zero-order valence-electron chi connectivity index (χ0n) is 16.5. The number of likely N-dealkylation sites (N-methyl/N-ethyl adjacent to an activating group) is 1. The second-order valence-electron chi connectivity index (χ2n) is 6.72. The molecule has 2 aromatic carbocycles. The van der Waals surface area contributed by atoms with Crippen LogP contribution in [0.2, 0.25) is 0 Å². The van der Waals surface area contributed by atoms with Gasteiger partial charge in [0.25, 0.3) is 0 Å². The van der Waals surface area contributed by atoms with E-state index in [0.717, 1.165) is 29.5 Å². The monoisotopic (exact) mass is 402 g/mol. The Morgan fingerprint density at radius 2 is 1.87 bits per heavy atom. The predicted molar refractivity (Wildman–Crippen MR) is 119 cm³/mol. The zero-order valence-corrected chi connectivity index (χ0v) is 16.5. The molecule has 30 heavy (non-hydrogen) atoms. The van der Waals surface area contributed by atoms with Gasteiger partial charge >= 0.3 is 5.97 Å². The smallest absolute Gasteiger partial charge is 0.335 e. The van der Waals surface area contributed by atoms with E-state index in [-0.39, 0.29) is 5.56 Å². The van der Waals surface area contributed by atoms with Crippen LogP contribution in [0.5, 0.6) is 0 Å². The van der Waals surface area contributed by atoms with Gasteiger partial charge in [-0.25, -0.2) is 19.7 Å². The second-order valence-corrected chi connectivity index (χ2v) is 6.72. The number of hydrogen-bond acceptors (Lipinski definition) is 7. The molecule has 0 spiro atoms. The molecule has 0 radical (unpaired) electrons. The Morgan fingerprint density at radius 1 is 1.03 bits per heavy atom. The lowest BCUT2D eigenvalue weighted by Crippen LogP contribution is -2.22. The van der Waals surface area contributed by atoms with E-state index in [1.807, 2.05) is 30.3 Å². The van der Waals surface area contributed by atoms with Crippen LogP contribution in [0.1, 0.15) is 17.3 Å². The van der Waals surface area contributed by atoms with E-state index in [4.69, 9.17) is 0 Å². The number of anilines is 3. The van der Waals surface area contributed by atoms with Crippen molar-refractivity contribution in [3.05, 3.63) is 60.3 Å². The number of nitrogens with zero attached hydrogens (tertiary/aromatic N) is 3. The van der Waals surface area contributed by atoms with Gasteiger partial charge in [0.1, 0.15) is 5.52 Å². The molecule has 4 aromatic rings. The number of hydrogen-bond donors (Lipinski definition) is 4. The highest BCUT2D eigenvalue weighted by Gasteiger charge is 2.14. The number of aromatic carboxylic acids is 1. The minimum Gasteiger partial charge on any atom is -0.478 e. The largest absolute Gasteiger partial charge is 0.478 e. The number of rotatable bonds is 8. The van der Waals surface area contributed by atoms with Gasteiger partial charge in [-0.2, -0.15) is 0 Å². The summed E-state index contributed by atoms with van der Waals surface area (Å²) >= 11 is 0. The molecule has 4 rings (SSSR count). The van der Waals surface area contributed by atoms with Gasteiger partial charge in [-0.1, -0.05) is 31.2 Å². The number of aromatic nitrogens is 3. The lowest BCUT2D eigenvalue weighted by molar-refractivity contribution is 0.0697. The third-order valence-corrected chi connectivity index (χ3v) is 4.65. The first kappa shape index (κ1) is 19.5. The molecule has 0 saturated carbocycles. The highest BCUT2D eigenvalue weighted by atomic mass is 16.4. The summed E-state index contributed by atoms with van der Waals surface area (Å²) in [5, 5.41) is 20.7. The van der Waals surface area contributed by atoms with Crippen LogP contribution in [0.15, 0.2) is 54.7 Å². The molecule has 0 aliphatic rings. The minimum absolute atomic E-state index is 0.183. The molecule has 0 saturated heterocycles. The maximum absolute atomic E-state index is 11.4. The molecule has 0 amide bonds. The Hall–Kier alpha value is -3.78. The fraction of sp³-hybridized carbons (Fsp3) is 0.182.